The second-order valence-corrected chi connectivity index (χ2v) is 14.2. The van der Waals surface area contributed by atoms with Crippen molar-refractivity contribution in [3.05, 3.63) is 53.8 Å². The number of nitrogens with one attached hydrogen (secondary N) is 1. The number of nitrogens with zero attached hydrogens (tertiary/aromatic N) is 3. The maximum atomic E-state index is 15.5. The van der Waals surface area contributed by atoms with Crippen molar-refractivity contribution in [2.75, 3.05) is 58.7 Å². The van der Waals surface area contributed by atoms with Crippen LogP contribution in [0.5, 0.6) is 11.5 Å². The first-order chi connectivity index (χ1) is 18.1. The molecule has 14 heteroatoms. The summed E-state index contributed by atoms with van der Waals surface area (Å²) in [5.74, 6) is -0.826. The molecule has 4 heterocycles. The van der Waals surface area contributed by atoms with Gasteiger partial charge in [-0.2, -0.15) is 9.98 Å². The molecule has 3 aromatic rings. The predicted octanol–water partition coefficient (Wildman–Crippen LogP) is 2.94. The Labute approximate surface area is 224 Å². The van der Waals surface area contributed by atoms with Crippen molar-refractivity contribution < 1.29 is 36.0 Å². The molecule has 3 saturated heterocycles. The van der Waals surface area contributed by atoms with E-state index in [1.807, 2.05) is 10.8 Å². The topological polar surface area (TPSA) is 129 Å². The highest BCUT2D eigenvalue weighted by Crippen LogP contribution is 2.43. The molecule has 2 N–H and O–H groups in total. The van der Waals surface area contributed by atoms with Gasteiger partial charge in [-0.1, -0.05) is 18.2 Å². The second kappa shape index (κ2) is 10.5. The fourth-order valence-electron chi connectivity index (χ4n) is 4.84. The Morgan fingerprint density at radius 2 is 1.84 bits per heavy atom. The Hall–Kier alpha value is -2.56. The molecule has 2 aromatic carbocycles. The molecule has 0 spiro atoms. The molecule has 0 amide bonds. The summed E-state index contributed by atoms with van der Waals surface area (Å²) < 4.78 is 67.0. The van der Waals surface area contributed by atoms with Gasteiger partial charge in [0.15, 0.2) is 10.0 Å². The van der Waals surface area contributed by atoms with Crippen LogP contribution in [-0.4, -0.2) is 81.4 Å². The smallest absolute Gasteiger partial charge is 0.391 e. The maximum absolute atomic E-state index is 15.5. The maximum Gasteiger partial charge on any atom is 0.391 e. The molecule has 1 aromatic heterocycles. The number of hydrogen-bond acceptors (Lipinski definition) is 8. The molecule has 0 saturated carbocycles. The van der Waals surface area contributed by atoms with Crippen LogP contribution in [0, 0.1) is 17.1 Å². The van der Waals surface area contributed by atoms with E-state index in [1.54, 1.807) is 24.3 Å². The van der Waals surface area contributed by atoms with Gasteiger partial charge < -0.3 is 18.6 Å². The Kier molecular flexibility index (Phi) is 7.50. The van der Waals surface area contributed by atoms with E-state index in [2.05, 4.69) is 4.90 Å². The van der Waals surface area contributed by atoms with E-state index in [0.29, 0.717) is 17.9 Å². The van der Waals surface area contributed by atoms with Gasteiger partial charge in [0.25, 0.3) is 10.0 Å². The highest BCUT2D eigenvalue weighted by atomic mass is 32.2. The minimum absolute atomic E-state index is 0.0820. The molecule has 3 aliphatic heterocycles. The molecule has 6 rings (SSSR count). The Bertz CT molecular complexity index is 1520. The summed E-state index contributed by atoms with van der Waals surface area (Å²) in [6.07, 6.45) is -0.963. The number of rotatable bonds is 10. The number of halogens is 1. The van der Waals surface area contributed by atoms with Crippen molar-refractivity contribution in [2.24, 2.45) is 0 Å². The summed E-state index contributed by atoms with van der Waals surface area (Å²) in [6.45, 7) is 7.47. The van der Waals surface area contributed by atoms with E-state index >= 15 is 4.39 Å². The molecule has 38 heavy (non-hydrogen) atoms. The van der Waals surface area contributed by atoms with Gasteiger partial charge in [0.2, 0.25) is 0 Å². The van der Waals surface area contributed by atoms with Crippen molar-refractivity contribution in [2.45, 2.75) is 4.21 Å². The largest absolute Gasteiger partial charge is 0.486 e. The molecule has 0 radical (unpaired) electrons. The van der Waals surface area contributed by atoms with Gasteiger partial charge in [0, 0.05) is 24.3 Å². The van der Waals surface area contributed by atoms with Crippen LogP contribution in [0.25, 0.3) is 10.1 Å². The molecular formula is C24H27FN4O6PS2+. The lowest BCUT2D eigenvalue weighted by Gasteiger charge is -2.50. The first kappa shape index (κ1) is 27.0. The first-order valence-electron chi connectivity index (χ1n) is 12.0. The van der Waals surface area contributed by atoms with Gasteiger partial charge in [0.1, 0.15) is 42.6 Å². The van der Waals surface area contributed by atoms with Gasteiger partial charge in [0.05, 0.1) is 25.0 Å². The van der Waals surface area contributed by atoms with Gasteiger partial charge in [-0.3, -0.25) is 4.90 Å². The third-order valence-electron chi connectivity index (χ3n) is 7.03. The van der Waals surface area contributed by atoms with E-state index < -0.39 is 33.9 Å². The molecule has 3 aliphatic rings. The average Bonchev–Trinajstić information content (AvgIpc) is 3.26. The van der Waals surface area contributed by atoms with Crippen molar-refractivity contribution in [1.82, 2.24) is 9.62 Å². The number of piperazine rings is 3. The third kappa shape index (κ3) is 5.58. The van der Waals surface area contributed by atoms with Gasteiger partial charge >= 0.3 is 7.60 Å². The number of benzene rings is 2. The minimum Gasteiger partial charge on any atom is -0.486 e. The monoisotopic (exact) mass is 581 g/mol. The Balaban J connectivity index is 1.32. The number of ether oxygens (including phenoxy) is 1. The van der Waals surface area contributed by atoms with Crippen LogP contribution >= 0.6 is 18.9 Å². The summed E-state index contributed by atoms with van der Waals surface area (Å²) >= 11 is 0.626. The van der Waals surface area contributed by atoms with Crippen molar-refractivity contribution in [3.8, 4) is 17.6 Å². The number of para-hydroxylation sites is 1. The van der Waals surface area contributed by atoms with E-state index in [9.17, 15) is 23.1 Å². The van der Waals surface area contributed by atoms with Crippen LogP contribution < -0.4 is 14.0 Å². The molecule has 2 bridgehead atoms. The van der Waals surface area contributed by atoms with Gasteiger partial charge in [-0.15, -0.1) is 11.3 Å². The van der Waals surface area contributed by atoms with E-state index in [4.69, 9.17) is 9.26 Å². The number of quaternary nitrogens is 1. The van der Waals surface area contributed by atoms with E-state index in [-0.39, 0.29) is 27.1 Å². The van der Waals surface area contributed by atoms with Crippen molar-refractivity contribution in [1.29, 1.82) is 5.26 Å². The summed E-state index contributed by atoms with van der Waals surface area (Å²) in [4.78, 5) is 12.5. The number of thiophene rings is 1. The van der Waals surface area contributed by atoms with Gasteiger partial charge in [-0.25, -0.2) is 17.4 Å². The fourth-order valence-corrected chi connectivity index (χ4v) is 8.87. The number of fused-ring (bicyclic) bond motifs is 4. The summed E-state index contributed by atoms with van der Waals surface area (Å²) in [5, 5.41) is 9.65. The zero-order valence-corrected chi connectivity index (χ0v) is 22.9. The number of sulfonamides is 1. The van der Waals surface area contributed by atoms with Gasteiger partial charge in [-0.05, 0) is 24.3 Å². The van der Waals surface area contributed by atoms with Crippen LogP contribution in [0.2, 0.25) is 0 Å². The molecular weight excluding hydrogens is 554 g/mol. The molecule has 10 nitrogen and oxygen atoms in total. The zero-order chi connectivity index (χ0) is 27.0. The summed E-state index contributed by atoms with van der Waals surface area (Å²) in [7, 11) is -8.95. The lowest BCUT2D eigenvalue weighted by Crippen LogP contribution is -2.68. The molecule has 1 atom stereocenters. The minimum atomic E-state index is -4.53. The zero-order valence-electron chi connectivity index (χ0n) is 20.4. The molecule has 0 aliphatic carbocycles. The summed E-state index contributed by atoms with van der Waals surface area (Å²) in [6, 6.07) is 12.8. The highest BCUT2D eigenvalue weighted by Gasteiger charge is 2.38. The second-order valence-electron chi connectivity index (χ2n) is 9.40. The third-order valence-corrected chi connectivity index (χ3v) is 11.3. The quantitative estimate of drug-likeness (QED) is 0.276. The molecule has 202 valence electrons. The molecule has 1 unspecified atom stereocenters. The van der Waals surface area contributed by atoms with Crippen LogP contribution in [0.15, 0.2) is 46.7 Å². The Morgan fingerprint density at radius 3 is 2.50 bits per heavy atom. The van der Waals surface area contributed by atoms with Crippen LogP contribution in [-0.2, 0) is 14.6 Å². The lowest BCUT2D eigenvalue weighted by atomic mass is 10.1. The highest BCUT2D eigenvalue weighted by molar-refractivity contribution is 7.92. The van der Waals surface area contributed by atoms with Crippen molar-refractivity contribution >= 4 is 39.0 Å². The normalized spacial score (nSPS) is 22.6. The standard InChI is InChI=1S/C24H26FN4O6PS2/c25-23-22-19(16-26)20(34-15-14-29-11-8-28(9-12-29)10-13-29)6-7-21(22)37-24(23)38(32,33)27-17-36(30,31)35-18-4-2-1-3-5-18/h1-7,27H,8-15,17H2/p+1. The number of nitriles is 1. The fraction of sp³-hybridized carbons (Fsp3) is 0.375. The average molecular weight is 582 g/mol. The number of hydrogen-bond donors (Lipinski definition) is 2. The summed E-state index contributed by atoms with van der Waals surface area (Å²) in [5.41, 5.74) is -0.0820. The first-order valence-corrected chi connectivity index (χ1v) is 16.1. The Morgan fingerprint density at radius 1 is 1.16 bits per heavy atom. The van der Waals surface area contributed by atoms with Crippen LogP contribution in [0.4, 0.5) is 4.39 Å². The SMILES string of the molecule is N#Cc1c(OCC[N+]23CCN(CC2)CC3)ccc2sc(S(=O)(=O)NCP(=O)(O)Oc3ccccc3)c(F)c12. The predicted molar refractivity (Wildman–Crippen MR) is 140 cm³/mol. The van der Waals surface area contributed by atoms with Crippen molar-refractivity contribution in [3.63, 3.8) is 0 Å². The lowest BCUT2D eigenvalue weighted by molar-refractivity contribution is -0.940. The van der Waals surface area contributed by atoms with Crippen LogP contribution in [0.3, 0.4) is 0 Å². The molecule has 3 fully saturated rings. The van der Waals surface area contributed by atoms with Crippen LogP contribution in [0.1, 0.15) is 5.56 Å². The van der Waals surface area contributed by atoms with E-state index in [1.165, 1.54) is 18.2 Å². The van der Waals surface area contributed by atoms with E-state index in [0.717, 1.165) is 50.3 Å².